The van der Waals surface area contributed by atoms with E-state index >= 15 is 0 Å². The minimum absolute atomic E-state index is 0.233. The van der Waals surface area contributed by atoms with Crippen LogP contribution in [0.3, 0.4) is 0 Å². The highest BCUT2D eigenvalue weighted by molar-refractivity contribution is 6.18. The molecule has 1 N–H and O–H groups in total. The van der Waals surface area contributed by atoms with Gasteiger partial charge in [-0.2, -0.15) is 13.2 Å². The van der Waals surface area contributed by atoms with Crippen LogP contribution in [-0.4, -0.2) is 16.4 Å². The number of amides is 1. The van der Waals surface area contributed by atoms with Crippen LogP contribution in [0.25, 0.3) is 33.0 Å². The van der Waals surface area contributed by atoms with E-state index in [1.165, 1.54) is 12.1 Å². The minimum atomic E-state index is -4.44. The Morgan fingerprint density at radius 2 is 1.49 bits per heavy atom. The summed E-state index contributed by atoms with van der Waals surface area (Å²) in [7, 11) is 0. The van der Waals surface area contributed by atoms with E-state index < -0.39 is 17.3 Å². The summed E-state index contributed by atoms with van der Waals surface area (Å²) >= 11 is 0. The van der Waals surface area contributed by atoms with Crippen molar-refractivity contribution >= 4 is 27.8 Å². The van der Waals surface area contributed by atoms with E-state index in [1.807, 2.05) is 75.4 Å². The van der Waals surface area contributed by atoms with Gasteiger partial charge in [0.15, 0.2) is 0 Å². The fraction of sp³-hybridized carbons (Fsp3) is 0.200. The number of aromatic nitrogens is 1. The third kappa shape index (κ3) is 4.94. The topological polar surface area (TPSA) is 55.1 Å². The minimum Gasteiger partial charge on any atom is -0.442 e. The number of benzene rings is 3. The third-order valence-corrected chi connectivity index (χ3v) is 6.04. The van der Waals surface area contributed by atoms with Crippen molar-refractivity contribution in [3.05, 3.63) is 101 Å². The lowest BCUT2D eigenvalue weighted by Gasteiger charge is -2.20. The Labute approximate surface area is 212 Å². The fourth-order valence-electron chi connectivity index (χ4n) is 4.47. The first-order chi connectivity index (χ1) is 17.5. The summed E-state index contributed by atoms with van der Waals surface area (Å²) in [6, 6.07) is 22.1. The number of alkyl halides is 3. The number of pyridine rings is 1. The van der Waals surface area contributed by atoms with Crippen molar-refractivity contribution in [2.75, 3.05) is 0 Å². The number of halogens is 3. The average molecular weight is 503 g/mol. The third-order valence-electron chi connectivity index (χ3n) is 6.04. The van der Waals surface area contributed by atoms with Gasteiger partial charge in [-0.05, 0) is 49.4 Å². The number of carbonyl (C=O) groups is 1. The van der Waals surface area contributed by atoms with Crippen LogP contribution >= 0.6 is 0 Å². The van der Waals surface area contributed by atoms with Crippen LogP contribution in [0, 0.1) is 0 Å². The van der Waals surface area contributed by atoms with Gasteiger partial charge in [0, 0.05) is 22.9 Å². The molecule has 0 aliphatic rings. The van der Waals surface area contributed by atoms with Crippen molar-refractivity contribution in [2.45, 2.75) is 38.9 Å². The average Bonchev–Trinajstić information content (AvgIpc) is 3.20. The fourth-order valence-corrected chi connectivity index (χ4v) is 4.47. The first-order valence-electron chi connectivity index (χ1n) is 11.9. The highest BCUT2D eigenvalue weighted by atomic mass is 19.4. The van der Waals surface area contributed by atoms with Crippen LogP contribution in [0.4, 0.5) is 13.2 Å². The maximum absolute atomic E-state index is 13.3. The molecular weight excluding hydrogens is 477 g/mol. The van der Waals surface area contributed by atoms with Crippen molar-refractivity contribution < 1.29 is 22.4 Å². The molecule has 0 atom stereocenters. The maximum Gasteiger partial charge on any atom is 0.416 e. The lowest BCUT2D eigenvalue weighted by Crippen LogP contribution is -2.41. The molecule has 0 unspecified atom stereocenters. The van der Waals surface area contributed by atoms with E-state index in [2.05, 4.69) is 10.3 Å². The number of hydrogen-bond acceptors (Lipinski definition) is 3. The van der Waals surface area contributed by atoms with E-state index in [0.717, 1.165) is 23.1 Å². The predicted octanol–water partition coefficient (Wildman–Crippen LogP) is 7.79. The molecule has 0 aliphatic heterocycles. The van der Waals surface area contributed by atoms with Crippen LogP contribution in [0.15, 0.2) is 83.3 Å². The van der Waals surface area contributed by atoms with Gasteiger partial charge in [0.1, 0.15) is 11.5 Å². The molecule has 0 aliphatic carbocycles. The standard InChI is InChI=1S/C30H25F3N2O2/c1-29(2,3)35-27(36)26-22-12-8-7-11-21(22)25-24(19-13-15-20(16-14-19)30(31,32)33)23(37-28(25)34-26)17-18-9-5-4-6-10-18/h4-16H,17H2,1-3H3,(H,35,36). The zero-order chi connectivity index (χ0) is 26.4. The van der Waals surface area contributed by atoms with Gasteiger partial charge in [0.2, 0.25) is 5.71 Å². The maximum atomic E-state index is 13.3. The monoisotopic (exact) mass is 502 g/mol. The summed E-state index contributed by atoms with van der Waals surface area (Å²) in [5, 5.41) is 4.99. The van der Waals surface area contributed by atoms with Crippen molar-refractivity contribution in [3.63, 3.8) is 0 Å². The molecule has 1 amide bonds. The number of nitrogens with zero attached hydrogens (tertiary/aromatic N) is 1. The second kappa shape index (κ2) is 9.07. The molecule has 188 valence electrons. The summed E-state index contributed by atoms with van der Waals surface area (Å²) < 4.78 is 46.1. The van der Waals surface area contributed by atoms with E-state index in [-0.39, 0.29) is 17.3 Å². The highest BCUT2D eigenvalue weighted by Gasteiger charge is 2.31. The molecule has 5 rings (SSSR count). The Kier molecular flexibility index (Phi) is 6.02. The molecule has 0 fully saturated rings. The summed E-state index contributed by atoms with van der Waals surface area (Å²) in [5.41, 5.74) is 1.52. The smallest absolute Gasteiger partial charge is 0.416 e. The van der Waals surface area contributed by atoms with Gasteiger partial charge >= 0.3 is 6.18 Å². The molecule has 0 bridgehead atoms. The Balaban J connectivity index is 1.78. The molecule has 4 nitrogen and oxygen atoms in total. The van der Waals surface area contributed by atoms with Crippen LogP contribution < -0.4 is 5.32 Å². The Hall–Kier alpha value is -4.13. The van der Waals surface area contributed by atoms with Crippen molar-refractivity contribution in [1.82, 2.24) is 10.3 Å². The largest absolute Gasteiger partial charge is 0.442 e. The number of fused-ring (bicyclic) bond motifs is 3. The Morgan fingerprint density at radius 3 is 2.11 bits per heavy atom. The van der Waals surface area contributed by atoms with Crippen LogP contribution in [0.2, 0.25) is 0 Å². The van der Waals surface area contributed by atoms with E-state index in [9.17, 15) is 18.0 Å². The van der Waals surface area contributed by atoms with Crippen LogP contribution in [0.1, 0.15) is 48.1 Å². The summed E-state index contributed by atoms with van der Waals surface area (Å²) in [6.45, 7) is 5.66. The second-order valence-corrected chi connectivity index (χ2v) is 10.0. The normalized spacial score (nSPS) is 12.3. The SMILES string of the molecule is CC(C)(C)NC(=O)c1nc2oc(Cc3ccccc3)c(-c3ccc(C(F)(F)F)cc3)c2c2ccccc12. The van der Waals surface area contributed by atoms with Crippen molar-refractivity contribution in [1.29, 1.82) is 0 Å². The molecular formula is C30H25F3N2O2. The van der Waals surface area contributed by atoms with E-state index in [0.29, 0.717) is 34.1 Å². The molecule has 0 spiro atoms. The summed E-state index contributed by atoms with van der Waals surface area (Å²) in [5.74, 6) is 0.231. The molecule has 0 radical (unpaired) electrons. The molecule has 5 aromatic rings. The molecule has 2 aromatic heterocycles. The molecule has 0 saturated carbocycles. The van der Waals surface area contributed by atoms with Gasteiger partial charge in [-0.15, -0.1) is 0 Å². The first kappa shape index (κ1) is 24.6. The van der Waals surface area contributed by atoms with E-state index in [4.69, 9.17) is 4.42 Å². The molecule has 2 heterocycles. The number of nitrogens with one attached hydrogen (secondary N) is 1. The Bertz CT molecular complexity index is 1600. The lowest BCUT2D eigenvalue weighted by molar-refractivity contribution is -0.137. The van der Waals surface area contributed by atoms with Crippen molar-refractivity contribution in [2.24, 2.45) is 0 Å². The molecule has 7 heteroatoms. The number of hydrogen-bond donors (Lipinski definition) is 1. The lowest BCUT2D eigenvalue weighted by atomic mass is 9.95. The molecule has 0 saturated heterocycles. The summed E-state index contributed by atoms with van der Waals surface area (Å²) in [6.07, 6.45) is -4.03. The van der Waals surface area contributed by atoms with Crippen molar-refractivity contribution in [3.8, 4) is 11.1 Å². The second-order valence-electron chi connectivity index (χ2n) is 10.0. The number of rotatable bonds is 4. The van der Waals surface area contributed by atoms with Crippen LogP contribution in [0.5, 0.6) is 0 Å². The first-order valence-corrected chi connectivity index (χ1v) is 11.9. The highest BCUT2D eigenvalue weighted by Crippen LogP contribution is 2.41. The quantitative estimate of drug-likeness (QED) is 0.273. The number of carbonyl (C=O) groups excluding carboxylic acids is 1. The summed E-state index contributed by atoms with van der Waals surface area (Å²) in [4.78, 5) is 17.8. The zero-order valence-corrected chi connectivity index (χ0v) is 20.6. The van der Waals surface area contributed by atoms with Gasteiger partial charge in [-0.3, -0.25) is 4.79 Å². The van der Waals surface area contributed by atoms with Gasteiger partial charge in [0.05, 0.1) is 10.9 Å². The van der Waals surface area contributed by atoms with Crippen LogP contribution in [-0.2, 0) is 12.6 Å². The Morgan fingerprint density at radius 1 is 0.865 bits per heavy atom. The van der Waals surface area contributed by atoms with Gasteiger partial charge in [-0.25, -0.2) is 4.98 Å². The van der Waals surface area contributed by atoms with Gasteiger partial charge < -0.3 is 9.73 Å². The molecule has 37 heavy (non-hydrogen) atoms. The number of furan rings is 1. The zero-order valence-electron chi connectivity index (χ0n) is 20.6. The van der Waals surface area contributed by atoms with Gasteiger partial charge in [0.25, 0.3) is 5.91 Å². The predicted molar refractivity (Wildman–Crippen MR) is 138 cm³/mol. The molecule has 3 aromatic carbocycles. The van der Waals surface area contributed by atoms with Gasteiger partial charge in [-0.1, -0.05) is 66.7 Å². The van der Waals surface area contributed by atoms with E-state index in [1.54, 1.807) is 0 Å².